The number of nitrogens with zero attached hydrogens (tertiary/aromatic N) is 4. The Bertz CT molecular complexity index is 573. The van der Waals surface area contributed by atoms with Gasteiger partial charge in [0, 0.05) is 50.0 Å². The summed E-state index contributed by atoms with van der Waals surface area (Å²) in [5.41, 5.74) is 8.07. The van der Waals surface area contributed by atoms with Crippen LogP contribution < -0.4 is 5.73 Å². The Morgan fingerprint density at radius 3 is 2.90 bits per heavy atom. The normalized spacial score (nSPS) is 16.0. The Morgan fingerprint density at radius 1 is 1.33 bits per heavy atom. The van der Waals surface area contributed by atoms with Crippen LogP contribution in [0.1, 0.15) is 5.69 Å². The maximum absolute atomic E-state index is 6.03. The standard InChI is InChI=1S/C14H19N5S.HI/c15-14(18-7-9-20-10-8-18)16-5-4-12-11-19-6-2-1-3-13(19)17-12;/h1-3,6,11H,4-5,7-10H2,(H2,15,16);1H. The average molecular weight is 417 g/mol. The van der Waals surface area contributed by atoms with Crippen molar-refractivity contribution in [1.82, 2.24) is 14.3 Å². The summed E-state index contributed by atoms with van der Waals surface area (Å²) in [6.07, 6.45) is 4.89. The number of fused-ring (bicyclic) bond motifs is 1. The number of imidazole rings is 1. The van der Waals surface area contributed by atoms with Crippen LogP contribution in [0.2, 0.25) is 0 Å². The van der Waals surface area contributed by atoms with Gasteiger partial charge in [-0.1, -0.05) is 6.07 Å². The molecule has 0 radical (unpaired) electrons. The molecular formula is C14H20IN5S. The minimum atomic E-state index is 0. The summed E-state index contributed by atoms with van der Waals surface area (Å²) >= 11 is 1.97. The van der Waals surface area contributed by atoms with Crippen LogP contribution in [0.25, 0.3) is 5.65 Å². The third-order valence-corrected chi connectivity index (χ3v) is 4.33. The molecule has 5 nitrogen and oxygen atoms in total. The number of thioether (sulfide) groups is 1. The first kappa shape index (κ1) is 16.4. The van der Waals surface area contributed by atoms with Gasteiger partial charge in [-0.05, 0) is 12.1 Å². The molecule has 0 amide bonds. The topological polar surface area (TPSA) is 58.9 Å². The molecule has 0 bridgehead atoms. The van der Waals surface area contributed by atoms with Gasteiger partial charge in [0.25, 0.3) is 0 Å². The van der Waals surface area contributed by atoms with Gasteiger partial charge < -0.3 is 15.0 Å². The van der Waals surface area contributed by atoms with Crippen LogP contribution in [0.5, 0.6) is 0 Å². The fourth-order valence-corrected chi connectivity index (χ4v) is 3.19. The van der Waals surface area contributed by atoms with E-state index in [0.29, 0.717) is 12.5 Å². The number of halogens is 1. The summed E-state index contributed by atoms with van der Waals surface area (Å²) in [7, 11) is 0. The number of aliphatic imine (C=N–C) groups is 1. The number of hydrogen-bond acceptors (Lipinski definition) is 3. The van der Waals surface area contributed by atoms with E-state index in [1.165, 1.54) is 0 Å². The molecule has 2 N–H and O–H groups in total. The first-order valence-electron chi connectivity index (χ1n) is 6.88. The quantitative estimate of drug-likeness (QED) is 0.471. The summed E-state index contributed by atoms with van der Waals surface area (Å²) in [5, 5.41) is 0. The van der Waals surface area contributed by atoms with E-state index in [2.05, 4.69) is 21.1 Å². The van der Waals surface area contributed by atoms with Gasteiger partial charge >= 0.3 is 0 Å². The highest BCUT2D eigenvalue weighted by Crippen LogP contribution is 2.09. The van der Waals surface area contributed by atoms with Crippen molar-refractivity contribution in [3.63, 3.8) is 0 Å². The van der Waals surface area contributed by atoms with E-state index in [-0.39, 0.29) is 24.0 Å². The first-order chi connectivity index (χ1) is 9.83. The Kier molecular flexibility index (Phi) is 6.16. The van der Waals surface area contributed by atoms with Gasteiger partial charge in [-0.15, -0.1) is 24.0 Å². The Balaban J connectivity index is 0.00000161. The lowest BCUT2D eigenvalue weighted by Crippen LogP contribution is -2.42. The second-order valence-electron chi connectivity index (χ2n) is 4.79. The van der Waals surface area contributed by atoms with E-state index in [9.17, 15) is 0 Å². The van der Waals surface area contributed by atoms with Gasteiger partial charge in [-0.3, -0.25) is 4.99 Å². The molecule has 1 fully saturated rings. The largest absolute Gasteiger partial charge is 0.370 e. The van der Waals surface area contributed by atoms with Crippen LogP contribution in [-0.4, -0.2) is 51.4 Å². The fourth-order valence-electron chi connectivity index (χ4n) is 2.29. The zero-order valence-electron chi connectivity index (χ0n) is 11.8. The molecule has 1 saturated heterocycles. The van der Waals surface area contributed by atoms with Crippen molar-refractivity contribution in [2.24, 2.45) is 10.7 Å². The summed E-state index contributed by atoms with van der Waals surface area (Å²) in [6, 6.07) is 6.01. The molecule has 0 aliphatic carbocycles. The second kappa shape index (κ2) is 7.88. The van der Waals surface area contributed by atoms with Gasteiger partial charge in [0.1, 0.15) is 5.65 Å². The van der Waals surface area contributed by atoms with Crippen molar-refractivity contribution in [1.29, 1.82) is 0 Å². The molecule has 2 aromatic heterocycles. The minimum absolute atomic E-state index is 0. The lowest BCUT2D eigenvalue weighted by atomic mass is 10.3. The zero-order valence-corrected chi connectivity index (χ0v) is 15.0. The molecule has 3 rings (SSSR count). The third kappa shape index (κ3) is 4.26. The highest BCUT2D eigenvalue weighted by atomic mass is 127. The maximum Gasteiger partial charge on any atom is 0.191 e. The molecule has 114 valence electrons. The molecule has 1 aliphatic rings. The lowest BCUT2D eigenvalue weighted by molar-refractivity contribution is 0.456. The molecule has 3 heterocycles. The van der Waals surface area contributed by atoms with Crippen molar-refractivity contribution in [2.75, 3.05) is 31.1 Å². The fraction of sp³-hybridized carbons (Fsp3) is 0.429. The predicted octanol–water partition coefficient (Wildman–Crippen LogP) is 1.86. The molecule has 2 aromatic rings. The number of rotatable bonds is 3. The monoisotopic (exact) mass is 417 g/mol. The second-order valence-corrected chi connectivity index (χ2v) is 6.01. The zero-order chi connectivity index (χ0) is 13.8. The van der Waals surface area contributed by atoms with Crippen LogP contribution in [-0.2, 0) is 6.42 Å². The average Bonchev–Trinajstić information content (AvgIpc) is 2.90. The molecule has 0 spiro atoms. The van der Waals surface area contributed by atoms with Crippen molar-refractivity contribution >= 4 is 47.3 Å². The molecule has 0 unspecified atom stereocenters. The summed E-state index contributed by atoms with van der Waals surface area (Å²) < 4.78 is 2.03. The van der Waals surface area contributed by atoms with Crippen LogP contribution in [0.4, 0.5) is 0 Å². The maximum atomic E-state index is 6.03. The van der Waals surface area contributed by atoms with Crippen molar-refractivity contribution in [3.05, 3.63) is 36.3 Å². The molecular weight excluding hydrogens is 397 g/mol. The van der Waals surface area contributed by atoms with Gasteiger partial charge in [-0.2, -0.15) is 11.8 Å². The number of pyridine rings is 1. The number of aromatic nitrogens is 2. The highest BCUT2D eigenvalue weighted by molar-refractivity contribution is 14.0. The molecule has 0 aromatic carbocycles. The van der Waals surface area contributed by atoms with E-state index >= 15 is 0 Å². The SMILES string of the molecule is I.NC(=NCCc1cn2ccccc2n1)N1CCSCC1. The van der Waals surface area contributed by atoms with E-state index in [4.69, 9.17) is 5.73 Å². The van der Waals surface area contributed by atoms with Crippen LogP contribution in [0.3, 0.4) is 0 Å². The van der Waals surface area contributed by atoms with Crippen LogP contribution >= 0.6 is 35.7 Å². The van der Waals surface area contributed by atoms with E-state index < -0.39 is 0 Å². The van der Waals surface area contributed by atoms with E-state index in [1.54, 1.807) is 0 Å². The first-order valence-corrected chi connectivity index (χ1v) is 8.03. The molecule has 1 aliphatic heterocycles. The molecule has 21 heavy (non-hydrogen) atoms. The third-order valence-electron chi connectivity index (χ3n) is 3.39. The van der Waals surface area contributed by atoms with Crippen molar-refractivity contribution in [2.45, 2.75) is 6.42 Å². The van der Waals surface area contributed by atoms with Gasteiger partial charge in [0.15, 0.2) is 5.96 Å². The van der Waals surface area contributed by atoms with Gasteiger partial charge in [-0.25, -0.2) is 4.98 Å². The smallest absolute Gasteiger partial charge is 0.191 e. The highest BCUT2D eigenvalue weighted by Gasteiger charge is 2.11. The molecule has 7 heteroatoms. The summed E-state index contributed by atoms with van der Waals surface area (Å²) in [5.74, 6) is 2.96. The lowest BCUT2D eigenvalue weighted by Gasteiger charge is -2.27. The Morgan fingerprint density at radius 2 is 2.14 bits per heavy atom. The number of guanidine groups is 1. The van der Waals surface area contributed by atoms with Crippen LogP contribution in [0.15, 0.2) is 35.6 Å². The number of hydrogen-bond donors (Lipinski definition) is 1. The predicted molar refractivity (Wildman–Crippen MR) is 99.7 cm³/mol. The van der Waals surface area contributed by atoms with E-state index in [1.807, 2.05) is 40.6 Å². The minimum Gasteiger partial charge on any atom is -0.370 e. The summed E-state index contributed by atoms with van der Waals surface area (Å²) in [4.78, 5) is 11.2. The Hall–Kier alpha value is -0.960. The van der Waals surface area contributed by atoms with E-state index in [0.717, 1.165) is 42.4 Å². The van der Waals surface area contributed by atoms with Crippen LogP contribution in [0, 0.1) is 0 Å². The van der Waals surface area contributed by atoms with Crippen molar-refractivity contribution < 1.29 is 0 Å². The number of nitrogens with two attached hydrogens (primary N) is 1. The van der Waals surface area contributed by atoms with Crippen molar-refractivity contribution in [3.8, 4) is 0 Å². The Labute approximate surface area is 146 Å². The molecule has 0 atom stereocenters. The molecule has 0 saturated carbocycles. The van der Waals surface area contributed by atoms with Gasteiger partial charge in [0.2, 0.25) is 0 Å². The van der Waals surface area contributed by atoms with Gasteiger partial charge in [0.05, 0.1) is 5.69 Å². The summed E-state index contributed by atoms with van der Waals surface area (Å²) in [6.45, 7) is 2.71.